The van der Waals surface area contributed by atoms with Gasteiger partial charge in [-0.3, -0.25) is 9.48 Å². The molecule has 0 spiro atoms. The van der Waals surface area contributed by atoms with Crippen LogP contribution in [0.4, 0.5) is 0 Å². The Morgan fingerprint density at radius 1 is 1.19 bits per heavy atom. The Balaban J connectivity index is 1.66. The Morgan fingerprint density at radius 2 is 1.96 bits per heavy atom. The Kier molecular flexibility index (Phi) is 5.98. The summed E-state index contributed by atoms with van der Waals surface area (Å²) in [6.45, 7) is 1.47. The zero-order chi connectivity index (χ0) is 19.4. The summed E-state index contributed by atoms with van der Waals surface area (Å²) in [6, 6.07) is 7.27. The van der Waals surface area contributed by atoms with Crippen LogP contribution < -0.4 is 0 Å². The van der Waals surface area contributed by atoms with E-state index >= 15 is 0 Å². The lowest BCUT2D eigenvalue weighted by Gasteiger charge is -2.20. The van der Waals surface area contributed by atoms with E-state index in [1.807, 2.05) is 18.2 Å². The summed E-state index contributed by atoms with van der Waals surface area (Å²) in [5.74, 6) is -0.157. The van der Waals surface area contributed by atoms with Crippen molar-refractivity contribution < 1.29 is 13.2 Å². The van der Waals surface area contributed by atoms with Gasteiger partial charge in [-0.1, -0.05) is 29.8 Å². The van der Waals surface area contributed by atoms with Gasteiger partial charge in [-0.05, 0) is 24.1 Å². The highest BCUT2D eigenvalue weighted by Crippen LogP contribution is 2.18. The highest BCUT2D eigenvalue weighted by atomic mass is 35.5. The monoisotopic (exact) mass is 408 g/mol. The molecule has 144 valence electrons. The average Bonchev–Trinajstić information content (AvgIpc) is 2.93. The molecule has 9 heteroatoms. The number of benzene rings is 1. The average molecular weight is 409 g/mol. The summed E-state index contributed by atoms with van der Waals surface area (Å²) in [6.07, 6.45) is 6.56. The summed E-state index contributed by atoms with van der Waals surface area (Å²) < 4.78 is 28.3. The molecule has 27 heavy (non-hydrogen) atoms. The van der Waals surface area contributed by atoms with Crippen molar-refractivity contribution in [1.29, 1.82) is 0 Å². The molecule has 1 amide bonds. The number of sulfonamides is 1. The minimum Gasteiger partial charge on any atom is -0.338 e. The molecule has 2 heterocycles. The predicted octanol–water partition coefficient (Wildman–Crippen LogP) is 2.01. The van der Waals surface area contributed by atoms with Crippen molar-refractivity contribution in [2.45, 2.75) is 11.3 Å². The number of halogens is 1. The fourth-order valence-electron chi connectivity index (χ4n) is 2.91. The van der Waals surface area contributed by atoms with Crippen molar-refractivity contribution in [3.8, 4) is 0 Å². The van der Waals surface area contributed by atoms with E-state index in [0.29, 0.717) is 31.1 Å². The summed E-state index contributed by atoms with van der Waals surface area (Å²) in [7, 11) is -1.92. The number of aryl methyl sites for hydroxylation is 1. The topological polar surface area (TPSA) is 75.5 Å². The van der Waals surface area contributed by atoms with Crippen LogP contribution in [0.25, 0.3) is 6.08 Å². The number of hydrogen-bond acceptors (Lipinski definition) is 4. The van der Waals surface area contributed by atoms with Crippen LogP contribution in [-0.4, -0.2) is 59.5 Å². The van der Waals surface area contributed by atoms with Gasteiger partial charge in [-0.25, -0.2) is 8.42 Å². The molecule has 0 aliphatic carbocycles. The van der Waals surface area contributed by atoms with E-state index in [1.54, 1.807) is 24.1 Å². The maximum Gasteiger partial charge on any atom is 0.246 e. The van der Waals surface area contributed by atoms with Crippen molar-refractivity contribution in [1.82, 2.24) is 19.0 Å². The summed E-state index contributed by atoms with van der Waals surface area (Å²) in [5, 5.41) is 4.51. The normalized spacial score (nSPS) is 16.6. The van der Waals surface area contributed by atoms with E-state index in [0.717, 1.165) is 5.56 Å². The SMILES string of the molecule is Cn1cc(S(=O)(=O)N2CCCN(C(=O)/C=C/c3ccccc3Cl)CC2)cn1. The molecule has 0 atom stereocenters. The minimum atomic E-state index is -3.60. The Hall–Kier alpha value is -2.16. The number of nitrogens with zero attached hydrogens (tertiary/aromatic N) is 4. The molecular weight excluding hydrogens is 388 g/mol. The van der Waals surface area contributed by atoms with Gasteiger partial charge in [0.05, 0.1) is 6.20 Å². The Bertz CT molecular complexity index is 955. The largest absolute Gasteiger partial charge is 0.338 e. The van der Waals surface area contributed by atoms with Crippen LogP contribution in [0.3, 0.4) is 0 Å². The van der Waals surface area contributed by atoms with Crippen LogP contribution in [-0.2, 0) is 21.9 Å². The first kappa shape index (κ1) is 19.6. The number of carbonyl (C=O) groups excluding carboxylic acids is 1. The van der Waals surface area contributed by atoms with Gasteiger partial charge in [-0.2, -0.15) is 9.40 Å². The quantitative estimate of drug-likeness (QED) is 0.725. The second-order valence-corrected chi connectivity index (χ2v) is 8.63. The van der Waals surface area contributed by atoms with Crippen molar-refractivity contribution in [2.75, 3.05) is 26.2 Å². The minimum absolute atomic E-state index is 0.157. The van der Waals surface area contributed by atoms with Gasteiger partial charge in [0, 0.05) is 50.5 Å². The molecule has 0 N–H and O–H groups in total. The standard InChI is InChI=1S/C18H21ClN4O3S/c1-21-14-16(13-20-21)27(25,26)23-10-4-9-22(11-12-23)18(24)8-7-15-5-2-3-6-17(15)19/h2-3,5-8,13-14H,4,9-12H2,1H3/b8-7+. The molecule has 2 aromatic rings. The van der Waals surface area contributed by atoms with Gasteiger partial charge in [0.25, 0.3) is 0 Å². The first-order valence-electron chi connectivity index (χ1n) is 8.58. The molecule has 1 saturated heterocycles. The molecule has 3 rings (SSSR count). The number of amides is 1. The summed E-state index contributed by atoms with van der Waals surface area (Å²) in [5.41, 5.74) is 0.767. The number of rotatable bonds is 4. The molecule has 0 saturated carbocycles. The van der Waals surface area contributed by atoms with Crippen molar-refractivity contribution in [2.24, 2.45) is 7.05 Å². The van der Waals surface area contributed by atoms with Crippen molar-refractivity contribution in [3.63, 3.8) is 0 Å². The molecule has 0 bridgehead atoms. The van der Waals surface area contributed by atoms with Crippen LogP contribution in [0.5, 0.6) is 0 Å². The fourth-order valence-corrected chi connectivity index (χ4v) is 4.57. The van der Waals surface area contributed by atoms with Crippen LogP contribution in [0.15, 0.2) is 47.6 Å². The maximum absolute atomic E-state index is 12.7. The van der Waals surface area contributed by atoms with Gasteiger partial charge in [0.2, 0.25) is 15.9 Å². The molecule has 1 aliphatic rings. The third kappa shape index (κ3) is 4.58. The molecule has 0 unspecified atom stereocenters. The van der Waals surface area contributed by atoms with E-state index in [2.05, 4.69) is 5.10 Å². The lowest BCUT2D eigenvalue weighted by Crippen LogP contribution is -2.36. The molecule has 1 aliphatic heterocycles. The van der Waals surface area contributed by atoms with Gasteiger partial charge in [0.15, 0.2) is 0 Å². The van der Waals surface area contributed by atoms with E-state index in [9.17, 15) is 13.2 Å². The molecule has 7 nitrogen and oxygen atoms in total. The fraction of sp³-hybridized carbons (Fsp3) is 0.333. The first-order valence-corrected chi connectivity index (χ1v) is 10.4. The van der Waals surface area contributed by atoms with E-state index in [1.165, 1.54) is 27.5 Å². The summed E-state index contributed by atoms with van der Waals surface area (Å²) >= 11 is 6.09. The Morgan fingerprint density at radius 3 is 2.67 bits per heavy atom. The summed E-state index contributed by atoms with van der Waals surface area (Å²) in [4.78, 5) is 14.3. The van der Waals surface area contributed by atoms with Crippen LogP contribution in [0, 0.1) is 0 Å². The molecule has 1 aromatic heterocycles. The van der Waals surface area contributed by atoms with Crippen LogP contribution in [0.2, 0.25) is 5.02 Å². The second kappa shape index (κ2) is 8.24. The highest BCUT2D eigenvalue weighted by Gasteiger charge is 2.28. The zero-order valence-corrected chi connectivity index (χ0v) is 16.5. The second-order valence-electron chi connectivity index (χ2n) is 6.29. The van der Waals surface area contributed by atoms with Crippen molar-refractivity contribution in [3.05, 3.63) is 53.3 Å². The lowest BCUT2D eigenvalue weighted by atomic mass is 10.2. The van der Waals surface area contributed by atoms with Gasteiger partial charge >= 0.3 is 0 Å². The molecule has 1 fully saturated rings. The van der Waals surface area contributed by atoms with Gasteiger partial charge < -0.3 is 4.90 Å². The Labute approximate surface area is 163 Å². The number of aromatic nitrogens is 2. The highest BCUT2D eigenvalue weighted by molar-refractivity contribution is 7.89. The molecular formula is C18H21ClN4O3S. The van der Waals surface area contributed by atoms with Gasteiger partial charge in [-0.15, -0.1) is 0 Å². The number of carbonyl (C=O) groups is 1. The van der Waals surface area contributed by atoms with Gasteiger partial charge in [0.1, 0.15) is 4.90 Å². The molecule has 1 aromatic carbocycles. The predicted molar refractivity (Wildman–Crippen MR) is 104 cm³/mol. The van der Waals surface area contributed by atoms with Crippen LogP contribution in [0.1, 0.15) is 12.0 Å². The first-order chi connectivity index (χ1) is 12.9. The zero-order valence-electron chi connectivity index (χ0n) is 15.0. The lowest BCUT2D eigenvalue weighted by molar-refractivity contribution is -0.125. The van der Waals surface area contributed by atoms with E-state index in [4.69, 9.17) is 11.6 Å². The molecule has 0 radical (unpaired) electrons. The maximum atomic E-state index is 12.7. The van der Waals surface area contributed by atoms with Crippen molar-refractivity contribution >= 4 is 33.6 Å². The van der Waals surface area contributed by atoms with Crippen LogP contribution >= 0.6 is 11.6 Å². The van der Waals surface area contributed by atoms with E-state index in [-0.39, 0.29) is 17.3 Å². The third-order valence-corrected chi connectivity index (χ3v) is 6.59. The van der Waals surface area contributed by atoms with E-state index < -0.39 is 10.0 Å². The smallest absolute Gasteiger partial charge is 0.246 e. The number of hydrogen-bond donors (Lipinski definition) is 0. The third-order valence-electron chi connectivity index (χ3n) is 4.40.